The lowest BCUT2D eigenvalue weighted by molar-refractivity contribution is 0.102. The molecule has 0 spiro atoms. The number of nitrogens with one attached hydrogen (secondary N) is 2. The zero-order valence-corrected chi connectivity index (χ0v) is 19.1. The number of para-hydroxylation sites is 1. The smallest absolute Gasteiger partial charge is 0.283 e. The Balaban J connectivity index is 1.40. The van der Waals surface area contributed by atoms with Crippen LogP contribution in [0, 0.1) is 0 Å². The van der Waals surface area contributed by atoms with Crippen LogP contribution >= 0.6 is 11.3 Å². The Hall–Kier alpha value is -4.44. The molecule has 170 valence electrons. The van der Waals surface area contributed by atoms with Crippen molar-refractivity contribution in [1.29, 1.82) is 0 Å². The quantitative estimate of drug-likeness (QED) is 0.378. The first-order valence-corrected chi connectivity index (χ1v) is 11.1. The Morgan fingerprint density at radius 1 is 1.00 bits per heavy atom. The van der Waals surface area contributed by atoms with Gasteiger partial charge in [-0.25, -0.2) is 4.98 Å². The van der Waals surface area contributed by atoms with E-state index in [2.05, 4.69) is 20.7 Å². The minimum absolute atomic E-state index is 0.230. The van der Waals surface area contributed by atoms with E-state index in [0.29, 0.717) is 49.4 Å². The van der Waals surface area contributed by atoms with Crippen LogP contribution in [0.25, 0.3) is 15.9 Å². The van der Waals surface area contributed by atoms with Gasteiger partial charge in [-0.2, -0.15) is 4.52 Å². The fourth-order valence-corrected chi connectivity index (χ4v) is 4.28. The third kappa shape index (κ3) is 4.02. The molecular formula is C24H19N5O4S. The maximum Gasteiger partial charge on any atom is 0.283 e. The number of anilines is 3. The number of amides is 1. The van der Waals surface area contributed by atoms with Crippen molar-refractivity contribution < 1.29 is 14.3 Å². The van der Waals surface area contributed by atoms with Gasteiger partial charge in [0.25, 0.3) is 11.5 Å². The monoisotopic (exact) mass is 473 g/mol. The van der Waals surface area contributed by atoms with Crippen LogP contribution in [-0.2, 0) is 0 Å². The highest BCUT2D eigenvalue weighted by Crippen LogP contribution is 2.30. The molecule has 0 aliphatic rings. The summed E-state index contributed by atoms with van der Waals surface area (Å²) < 4.78 is 11.8. The van der Waals surface area contributed by atoms with Crippen LogP contribution in [0.4, 0.5) is 16.5 Å². The van der Waals surface area contributed by atoms with E-state index in [1.165, 1.54) is 23.0 Å². The first-order valence-electron chi connectivity index (χ1n) is 10.2. The molecule has 0 saturated carbocycles. The van der Waals surface area contributed by atoms with Crippen molar-refractivity contribution in [3.63, 3.8) is 0 Å². The lowest BCUT2D eigenvalue weighted by Gasteiger charge is -2.12. The van der Waals surface area contributed by atoms with Gasteiger partial charge in [0, 0.05) is 17.3 Å². The molecule has 5 rings (SSSR count). The molecule has 0 radical (unpaired) electrons. The van der Waals surface area contributed by atoms with Gasteiger partial charge in [-0.15, -0.1) is 5.10 Å². The van der Waals surface area contributed by atoms with Crippen LogP contribution in [0.3, 0.4) is 0 Å². The van der Waals surface area contributed by atoms with Gasteiger partial charge >= 0.3 is 0 Å². The molecule has 0 saturated heterocycles. The Kier molecular flexibility index (Phi) is 5.56. The number of methoxy groups -OCH3 is 2. The summed E-state index contributed by atoms with van der Waals surface area (Å²) in [6, 6.07) is 19.3. The number of aromatic nitrogens is 3. The van der Waals surface area contributed by atoms with Gasteiger partial charge in [0.05, 0.1) is 30.8 Å². The van der Waals surface area contributed by atoms with Crippen LogP contribution < -0.4 is 25.7 Å². The summed E-state index contributed by atoms with van der Waals surface area (Å²) in [7, 11) is 3.09. The highest BCUT2D eigenvalue weighted by Gasteiger charge is 2.13. The molecule has 0 atom stereocenters. The number of carbonyl (C=O) groups excluding carboxylic acids is 1. The second-order valence-corrected chi connectivity index (χ2v) is 8.22. The van der Waals surface area contributed by atoms with Crippen molar-refractivity contribution >= 4 is 49.6 Å². The van der Waals surface area contributed by atoms with Gasteiger partial charge < -0.3 is 20.1 Å². The van der Waals surface area contributed by atoms with E-state index in [-0.39, 0.29) is 11.5 Å². The number of ether oxygens (including phenoxy) is 2. The molecule has 0 unspecified atom stereocenters. The summed E-state index contributed by atoms with van der Waals surface area (Å²) in [5.41, 5.74) is 1.99. The Bertz CT molecular complexity index is 1590. The molecule has 0 fully saturated rings. The van der Waals surface area contributed by atoms with Gasteiger partial charge in [0.1, 0.15) is 11.5 Å². The minimum atomic E-state index is -0.305. The zero-order valence-electron chi connectivity index (χ0n) is 18.2. The number of rotatable bonds is 6. The third-order valence-corrected chi connectivity index (χ3v) is 5.96. The van der Waals surface area contributed by atoms with Crippen molar-refractivity contribution in [2.45, 2.75) is 0 Å². The fourth-order valence-electron chi connectivity index (χ4n) is 3.46. The topological polar surface area (TPSA) is 107 Å². The van der Waals surface area contributed by atoms with E-state index in [9.17, 15) is 9.59 Å². The lowest BCUT2D eigenvalue weighted by atomic mass is 10.1. The van der Waals surface area contributed by atoms with Crippen molar-refractivity contribution in [2.75, 3.05) is 24.9 Å². The first kappa shape index (κ1) is 21.4. The van der Waals surface area contributed by atoms with Crippen LogP contribution in [0.2, 0.25) is 0 Å². The summed E-state index contributed by atoms with van der Waals surface area (Å²) in [5.74, 6) is 0.806. The Morgan fingerprint density at radius 3 is 2.68 bits per heavy atom. The Morgan fingerprint density at radius 2 is 1.85 bits per heavy atom. The first-order chi connectivity index (χ1) is 16.6. The number of nitrogens with zero attached hydrogens (tertiary/aromatic N) is 3. The molecule has 5 aromatic rings. The number of fused-ring (bicyclic) bond motifs is 2. The van der Waals surface area contributed by atoms with Crippen LogP contribution in [0.1, 0.15) is 10.4 Å². The number of hydrogen-bond donors (Lipinski definition) is 2. The Labute approximate surface area is 197 Å². The molecule has 2 aromatic heterocycles. The molecule has 1 amide bonds. The summed E-state index contributed by atoms with van der Waals surface area (Å²) in [6.07, 6.45) is 0. The van der Waals surface area contributed by atoms with E-state index < -0.39 is 0 Å². The van der Waals surface area contributed by atoms with Gasteiger partial charge in [-0.1, -0.05) is 29.5 Å². The minimum Gasteiger partial charge on any atom is -0.497 e. The average Bonchev–Trinajstić information content (AvgIpc) is 3.27. The molecular weight excluding hydrogens is 454 g/mol. The van der Waals surface area contributed by atoms with E-state index >= 15 is 0 Å². The standard InChI is InChI=1S/C24H19N5O4S/c1-32-16-10-11-19(20(13-16)33-2)26-21(30)14-6-5-7-15(12-14)25-23-28-29-22(31)17-8-3-4-9-18(17)27-24(29)34-23/h3-13H,1-2H3,(H,25,28)(H,26,30). The number of hydrogen-bond acceptors (Lipinski definition) is 8. The highest BCUT2D eigenvalue weighted by atomic mass is 32.1. The van der Waals surface area contributed by atoms with Crippen molar-refractivity contribution in [3.05, 3.63) is 82.6 Å². The van der Waals surface area contributed by atoms with Gasteiger partial charge in [0.2, 0.25) is 10.1 Å². The van der Waals surface area contributed by atoms with Crippen LogP contribution in [0.15, 0.2) is 71.5 Å². The third-order valence-electron chi connectivity index (χ3n) is 5.14. The van der Waals surface area contributed by atoms with E-state index in [1.54, 1.807) is 61.7 Å². The second kappa shape index (κ2) is 8.83. The van der Waals surface area contributed by atoms with E-state index in [4.69, 9.17) is 9.47 Å². The van der Waals surface area contributed by atoms with Crippen molar-refractivity contribution in [1.82, 2.24) is 14.6 Å². The molecule has 0 aliphatic heterocycles. The molecule has 0 bridgehead atoms. The lowest BCUT2D eigenvalue weighted by Crippen LogP contribution is -2.15. The highest BCUT2D eigenvalue weighted by molar-refractivity contribution is 7.20. The van der Waals surface area contributed by atoms with E-state index in [0.717, 1.165) is 0 Å². The van der Waals surface area contributed by atoms with Crippen LogP contribution in [0.5, 0.6) is 11.5 Å². The predicted molar refractivity (Wildman–Crippen MR) is 132 cm³/mol. The summed E-state index contributed by atoms with van der Waals surface area (Å²) >= 11 is 1.25. The van der Waals surface area contributed by atoms with Gasteiger partial charge in [0.15, 0.2) is 0 Å². The molecule has 0 aliphatic carbocycles. The second-order valence-electron chi connectivity index (χ2n) is 7.26. The van der Waals surface area contributed by atoms with Crippen molar-refractivity contribution in [2.24, 2.45) is 0 Å². The van der Waals surface area contributed by atoms with Crippen molar-refractivity contribution in [3.8, 4) is 11.5 Å². The van der Waals surface area contributed by atoms with Crippen LogP contribution in [-0.4, -0.2) is 34.7 Å². The molecule has 3 aromatic carbocycles. The molecule has 34 heavy (non-hydrogen) atoms. The summed E-state index contributed by atoms with van der Waals surface area (Å²) in [4.78, 5) is 30.6. The maximum atomic E-state index is 12.9. The molecule has 2 heterocycles. The number of benzene rings is 3. The average molecular weight is 474 g/mol. The van der Waals surface area contributed by atoms with E-state index in [1.807, 2.05) is 12.1 Å². The number of carbonyl (C=O) groups is 1. The maximum absolute atomic E-state index is 12.9. The predicted octanol–water partition coefficient (Wildman–Crippen LogP) is 4.32. The SMILES string of the molecule is COc1ccc(NC(=O)c2cccc(Nc3nn4c(=O)c5ccccc5nc4s3)c2)c(OC)c1. The zero-order chi connectivity index (χ0) is 23.7. The van der Waals surface area contributed by atoms with Gasteiger partial charge in [-0.05, 0) is 42.5 Å². The summed E-state index contributed by atoms with van der Waals surface area (Å²) in [6.45, 7) is 0. The summed E-state index contributed by atoms with van der Waals surface area (Å²) in [5, 5.41) is 11.4. The molecule has 2 N–H and O–H groups in total. The van der Waals surface area contributed by atoms with Gasteiger partial charge in [-0.3, -0.25) is 9.59 Å². The molecule has 10 heteroatoms. The normalized spacial score (nSPS) is 10.9. The fraction of sp³-hybridized carbons (Fsp3) is 0.0833. The molecule has 9 nitrogen and oxygen atoms in total. The largest absolute Gasteiger partial charge is 0.497 e.